The van der Waals surface area contributed by atoms with Crippen LogP contribution in [0.2, 0.25) is 0 Å². The minimum absolute atomic E-state index is 0.770. The highest BCUT2D eigenvalue weighted by molar-refractivity contribution is 7.26. The van der Waals surface area contributed by atoms with Crippen LogP contribution in [0.4, 0.5) is 0 Å². The molecule has 0 aliphatic carbocycles. The molecule has 0 bridgehead atoms. The summed E-state index contributed by atoms with van der Waals surface area (Å²) in [6.07, 6.45) is 0.953. The summed E-state index contributed by atoms with van der Waals surface area (Å²) in [4.78, 5) is 11.3. The van der Waals surface area contributed by atoms with E-state index in [0.29, 0.717) is 0 Å². The predicted molar refractivity (Wildman–Crippen MR) is 82.2 cm³/mol. The molecule has 0 atom stereocenters. The van der Waals surface area contributed by atoms with Crippen LogP contribution in [0.3, 0.4) is 0 Å². The second-order valence-corrected chi connectivity index (χ2v) is 5.66. The summed E-state index contributed by atoms with van der Waals surface area (Å²) >= 11 is 1.79. The summed E-state index contributed by atoms with van der Waals surface area (Å²) in [5, 5.41) is 4.62. The summed E-state index contributed by atoms with van der Waals surface area (Å²) in [6, 6.07) is 18.5. The van der Waals surface area contributed by atoms with Gasteiger partial charge in [-0.15, -0.1) is 11.3 Å². The lowest BCUT2D eigenvalue weighted by Crippen LogP contribution is -1.83. The van der Waals surface area contributed by atoms with Gasteiger partial charge in [0.05, 0.1) is 0 Å². The van der Waals surface area contributed by atoms with E-state index in [1.54, 1.807) is 11.3 Å². The fraction of sp³-hybridized carbons (Fsp3) is 0. The number of aldehydes is 1. The van der Waals surface area contributed by atoms with Gasteiger partial charge in [0.15, 0.2) is 6.29 Å². The molecular formula is C17H10OS. The SMILES string of the molecule is O=Cc1cc2c3ccccc3sc2c2ccccc12. The zero-order valence-corrected chi connectivity index (χ0v) is 10.9. The molecule has 0 saturated carbocycles. The third-order valence-corrected chi connectivity index (χ3v) is 4.76. The molecule has 0 fully saturated rings. The van der Waals surface area contributed by atoms with E-state index in [1.165, 1.54) is 25.6 Å². The van der Waals surface area contributed by atoms with Gasteiger partial charge in [0.25, 0.3) is 0 Å². The van der Waals surface area contributed by atoms with Crippen LogP contribution in [-0.4, -0.2) is 6.29 Å². The highest BCUT2D eigenvalue weighted by Crippen LogP contribution is 2.39. The fourth-order valence-corrected chi connectivity index (χ4v) is 3.89. The van der Waals surface area contributed by atoms with Gasteiger partial charge >= 0.3 is 0 Å². The predicted octanol–water partition coefficient (Wildman–Crippen LogP) is 5.02. The van der Waals surface area contributed by atoms with Gasteiger partial charge in [0, 0.05) is 31.1 Å². The molecule has 0 N–H and O–H groups in total. The van der Waals surface area contributed by atoms with Gasteiger partial charge in [-0.1, -0.05) is 42.5 Å². The first kappa shape index (κ1) is 10.7. The number of hydrogen-bond acceptors (Lipinski definition) is 2. The number of carbonyl (C=O) groups excluding carboxylic acids is 1. The number of rotatable bonds is 1. The Hall–Kier alpha value is -2.19. The molecule has 90 valence electrons. The molecule has 3 aromatic carbocycles. The Labute approximate surface area is 114 Å². The van der Waals surface area contributed by atoms with Crippen molar-refractivity contribution in [1.29, 1.82) is 0 Å². The zero-order valence-electron chi connectivity index (χ0n) is 10.1. The summed E-state index contributed by atoms with van der Waals surface area (Å²) in [7, 11) is 0. The Morgan fingerprint density at radius 3 is 2.26 bits per heavy atom. The van der Waals surface area contributed by atoms with E-state index in [9.17, 15) is 4.79 Å². The lowest BCUT2D eigenvalue weighted by Gasteiger charge is -2.02. The number of hydrogen-bond donors (Lipinski definition) is 0. The van der Waals surface area contributed by atoms with Crippen LogP contribution in [0.5, 0.6) is 0 Å². The van der Waals surface area contributed by atoms with E-state index < -0.39 is 0 Å². The lowest BCUT2D eigenvalue weighted by atomic mass is 10.0. The molecule has 0 radical (unpaired) electrons. The summed E-state index contributed by atoms with van der Waals surface area (Å²) < 4.78 is 2.54. The van der Waals surface area contributed by atoms with Gasteiger partial charge in [0.2, 0.25) is 0 Å². The Kier molecular flexibility index (Phi) is 2.20. The molecule has 0 saturated heterocycles. The van der Waals surface area contributed by atoms with Crippen LogP contribution in [0.25, 0.3) is 30.9 Å². The van der Waals surface area contributed by atoms with Crippen LogP contribution < -0.4 is 0 Å². The molecule has 2 heteroatoms. The van der Waals surface area contributed by atoms with Crippen molar-refractivity contribution in [1.82, 2.24) is 0 Å². The van der Waals surface area contributed by atoms with Crippen LogP contribution in [0.15, 0.2) is 54.6 Å². The molecule has 1 nitrogen and oxygen atoms in total. The van der Waals surface area contributed by atoms with E-state index in [0.717, 1.165) is 17.2 Å². The van der Waals surface area contributed by atoms with Gasteiger partial charge in [-0.05, 0) is 17.5 Å². The minimum atomic E-state index is 0.770. The first-order chi connectivity index (χ1) is 9.38. The van der Waals surface area contributed by atoms with Crippen LogP contribution in [-0.2, 0) is 0 Å². The molecule has 4 rings (SSSR count). The highest BCUT2D eigenvalue weighted by Gasteiger charge is 2.10. The Morgan fingerprint density at radius 1 is 0.789 bits per heavy atom. The fourth-order valence-electron chi connectivity index (χ4n) is 2.67. The van der Waals surface area contributed by atoms with Gasteiger partial charge in [0.1, 0.15) is 0 Å². The zero-order chi connectivity index (χ0) is 12.8. The highest BCUT2D eigenvalue weighted by atomic mass is 32.1. The normalized spacial score (nSPS) is 11.4. The standard InChI is InChI=1S/C17H10OS/c18-10-11-9-15-13-6-3-4-8-16(13)19-17(15)14-7-2-1-5-12(11)14/h1-10H. The Balaban J connectivity index is 2.35. The first-order valence-electron chi connectivity index (χ1n) is 6.16. The molecule has 4 aromatic rings. The average molecular weight is 262 g/mol. The van der Waals surface area contributed by atoms with Crippen molar-refractivity contribution in [3.8, 4) is 0 Å². The van der Waals surface area contributed by atoms with Crippen LogP contribution in [0, 0.1) is 0 Å². The van der Waals surface area contributed by atoms with Crippen LogP contribution in [0.1, 0.15) is 10.4 Å². The molecular weight excluding hydrogens is 252 g/mol. The molecule has 0 aliphatic rings. The maximum absolute atomic E-state index is 11.3. The van der Waals surface area contributed by atoms with Crippen molar-refractivity contribution in [2.75, 3.05) is 0 Å². The quantitative estimate of drug-likeness (QED) is 0.440. The minimum Gasteiger partial charge on any atom is -0.298 e. The van der Waals surface area contributed by atoms with Crippen molar-refractivity contribution in [2.45, 2.75) is 0 Å². The van der Waals surface area contributed by atoms with Crippen molar-refractivity contribution in [2.24, 2.45) is 0 Å². The average Bonchev–Trinajstić information content (AvgIpc) is 2.85. The van der Waals surface area contributed by atoms with E-state index in [4.69, 9.17) is 0 Å². The number of fused-ring (bicyclic) bond motifs is 5. The van der Waals surface area contributed by atoms with Crippen LogP contribution >= 0.6 is 11.3 Å². The van der Waals surface area contributed by atoms with Crippen molar-refractivity contribution < 1.29 is 4.79 Å². The van der Waals surface area contributed by atoms with Crippen molar-refractivity contribution in [3.63, 3.8) is 0 Å². The maximum Gasteiger partial charge on any atom is 0.150 e. The second-order valence-electron chi connectivity index (χ2n) is 4.60. The van der Waals surface area contributed by atoms with E-state index in [-0.39, 0.29) is 0 Å². The number of thiophene rings is 1. The first-order valence-corrected chi connectivity index (χ1v) is 6.98. The van der Waals surface area contributed by atoms with Gasteiger partial charge in [-0.2, -0.15) is 0 Å². The van der Waals surface area contributed by atoms with Gasteiger partial charge < -0.3 is 0 Å². The van der Waals surface area contributed by atoms with Crippen molar-refractivity contribution >= 4 is 48.6 Å². The Bertz CT molecular complexity index is 934. The molecule has 0 spiro atoms. The molecule has 0 amide bonds. The summed E-state index contributed by atoms with van der Waals surface area (Å²) in [5.74, 6) is 0. The van der Waals surface area contributed by atoms with Gasteiger partial charge in [-0.25, -0.2) is 0 Å². The maximum atomic E-state index is 11.3. The third-order valence-electron chi connectivity index (χ3n) is 3.54. The summed E-state index contributed by atoms with van der Waals surface area (Å²) in [5.41, 5.74) is 0.770. The molecule has 0 unspecified atom stereocenters. The van der Waals surface area contributed by atoms with Crippen molar-refractivity contribution in [3.05, 3.63) is 60.2 Å². The lowest BCUT2D eigenvalue weighted by molar-refractivity contribution is 0.112. The second kappa shape index (κ2) is 3.90. The topological polar surface area (TPSA) is 17.1 Å². The smallest absolute Gasteiger partial charge is 0.150 e. The number of carbonyl (C=O) groups is 1. The van der Waals surface area contributed by atoms with E-state index >= 15 is 0 Å². The van der Waals surface area contributed by atoms with Gasteiger partial charge in [-0.3, -0.25) is 4.79 Å². The van der Waals surface area contributed by atoms with E-state index in [1.807, 2.05) is 30.3 Å². The molecule has 1 aromatic heterocycles. The number of benzene rings is 3. The third kappa shape index (κ3) is 1.44. The summed E-state index contributed by atoms with van der Waals surface area (Å²) in [6.45, 7) is 0. The Morgan fingerprint density at radius 2 is 1.47 bits per heavy atom. The van der Waals surface area contributed by atoms with E-state index in [2.05, 4.69) is 24.3 Å². The molecule has 19 heavy (non-hydrogen) atoms. The largest absolute Gasteiger partial charge is 0.298 e. The molecule has 1 heterocycles. The monoisotopic (exact) mass is 262 g/mol. The molecule has 0 aliphatic heterocycles.